The molecule has 0 fully saturated rings. The molecule has 1 atom stereocenters. The van der Waals surface area contributed by atoms with Crippen LogP contribution in [0.15, 0.2) is 18.2 Å². The molecule has 2 N–H and O–H groups in total. The lowest BCUT2D eigenvalue weighted by molar-refractivity contribution is 0.0684. The molecular formula is C12H17F2NO. The summed E-state index contributed by atoms with van der Waals surface area (Å²) in [5, 5.41) is 0. The number of benzene rings is 1. The van der Waals surface area contributed by atoms with E-state index in [0.717, 1.165) is 6.07 Å². The fourth-order valence-corrected chi connectivity index (χ4v) is 1.34. The van der Waals surface area contributed by atoms with E-state index in [9.17, 15) is 8.78 Å². The van der Waals surface area contributed by atoms with Gasteiger partial charge in [0.2, 0.25) is 0 Å². The molecular weight excluding hydrogens is 212 g/mol. The average Bonchev–Trinajstić information content (AvgIpc) is 2.21. The molecule has 4 heteroatoms. The van der Waals surface area contributed by atoms with Crippen LogP contribution >= 0.6 is 0 Å². The van der Waals surface area contributed by atoms with Crippen molar-refractivity contribution in [3.05, 3.63) is 35.4 Å². The molecule has 16 heavy (non-hydrogen) atoms. The summed E-state index contributed by atoms with van der Waals surface area (Å²) in [4.78, 5) is 0. The van der Waals surface area contributed by atoms with E-state index in [-0.39, 0.29) is 12.1 Å². The SMILES string of the molecule is CC(C)OCC(N)Cc1ccc(F)c(F)c1. The maximum absolute atomic E-state index is 12.9. The van der Waals surface area contributed by atoms with Gasteiger partial charge in [-0.1, -0.05) is 6.07 Å². The largest absolute Gasteiger partial charge is 0.377 e. The first-order valence-electron chi connectivity index (χ1n) is 5.30. The number of ether oxygens (including phenoxy) is 1. The topological polar surface area (TPSA) is 35.2 Å². The zero-order valence-corrected chi connectivity index (χ0v) is 9.54. The normalized spacial score (nSPS) is 13.1. The van der Waals surface area contributed by atoms with Gasteiger partial charge in [-0.2, -0.15) is 0 Å². The summed E-state index contributed by atoms with van der Waals surface area (Å²) < 4.78 is 30.9. The lowest BCUT2D eigenvalue weighted by Gasteiger charge is -2.14. The molecule has 0 saturated carbocycles. The summed E-state index contributed by atoms with van der Waals surface area (Å²) in [5.41, 5.74) is 6.48. The molecule has 0 aliphatic heterocycles. The molecule has 0 aromatic heterocycles. The van der Waals surface area contributed by atoms with Gasteiger partial charge in [-0.3, -0.25) is 0 Å². The maximum Gasteiger partial charge on any atom is 0.159 e. The van der Waals surface area contributed by atoms with Crippen molar-refractivity contribution in [1.82, 2.24) is 0 Å². The highest BCUT2D eigenvalue weighted by Gasteiger charge is 2.08. The van der Waals surface area contributed by atoms with Gasteiger partial charge in [-0.15, -0.1) is 0 Å². The van der Waals surface area contributed by atoms with Crippen molar-refractivity contribution in [2.45, 2.75) is 32.4 Å². The van der Waals surface area contributed by atoms with Crippen LogP contribution in [0.4, 0.5) is 8.78 Å². The predicted octanol–water partition coefficient (Wildman–Crippen LogP) is 2.26. The van der Waals surface area contributed by atoms with Crippen LogP contribution in [0.1, 0.15) is 19.4 Å². The van der Waals surface area contributed by atoms with Crippen molar-refractivity contribution < 1.29 is 13.5 Å². The Kier molecular flexibility index (Phi) is 4.83. The zero-order valence-electron chi connectivity index (χ0n) is 9.54. The molecule has 0 heterocycles. The Balaban J connectivity index is 2.49. The highest BCUT2D eigenvalue weighted by molar-refractivity contribution is 5.18. The van der Waals surface area contributed by atoms with Crippen LogP contribution in [-0.2, 0) is 11.2 Å². The first-order valence-corrected chi connectivity index (χ1v) is 5.30. The second-order valence-corrected chi connectivity index (χ2v) is 4.09. The smallest absolute Gasteiger partial charge is 0.159 e. The van der Waals surface area contributed by atoms with Gasteiger partial charge in [0.25, 0.3) is 0 Å². The third kappa shape index (κ3) is 4.24. The number of rotatable bonds is 5. The van der Waals surface area contributed by atoms with Crippen LogP contribution in [0.3, 0.4) is 0 Å². The van der Waals surface area contributed by atoms with Gasteiger partial charge >= 0.3 is 0 Å². The Morgan fingerprint density at radius 1 is 1.25 bits per heavy atom. The predicted molar refractivity (Wildman–Crippen MR) is 59.1 cm³/mol. The summed E-state index contributed by atoms with van der Waals surface area (Å²) >= 11 is 0. The highest BCUT2D eigenvalue weighted by atomic mass is 19.2. The Hall–Kier alpha value is -1.00. The van der Waals surface area contributed by atoms with Crippen molar-refractivity contribution in [1.29, 1.82) is 0 Å². The van der Waals surface area contributed by atoms with Crippen molar-refractivity contribution in [2.75, 3.05) is 6.61 Å². The molecule has 0 radical (unpaired) electrons. The molecule has 1 rings (SSSR count). The standard InChI is InChI=1S/C12H17F2NO/c1-8(2)16-7-10(15)5-9-3-4-11(13)12(14)6-9/h3-4,6,8,10H,5,7,15H2,1-2H3. The number of hydrogen-bond donors (Lipinski definition) is 1. The van der Waals surface area contributed by atoms with Gasteiger partial charge in [-0.25, -0.2) is 8.78 Å². The number of hydrogen-bond acceptors (Lipinski definition) is 2. The summed E-state index contributed by atoms with van der Waals surface area (Å²) in [5.74, 6) is -1.68. The third-order valence-electron chi connectivity index (χ3n) is 2.13. The quantitative estimate of drug-likeness (QED) is 0.840. The minimum atomic E-state index is -0.838. The van der Waals surface area contributed by atoms with Gasteiger partial charge in [-0.05, 0) is 38.0 Å². The summed E-state index contributed by atoms with van der Waals surface area (Å²) in [6.45, 7) is 4.26. The highest BCUT2D eigenvalue weighted by Crippen LogP contribution is 2.10. The van der Waals surface area contributed by atoms with Crippen LogP contribution in [0.5, 0.6) is 0 Å². The van der Waals surface area contributed by atoms with Gasteiger partial charge in [0, 0.05) is 6.04 Å². The Morgan fingerprint density at radius 3 is 2.50 bits per heavy atom. The Labute approximate surface area is 94.4 Å². The lowest BCUT2D eigenvalue weighted by Crippen LogP contribution is -2.30. The second-order valence-electron chi connectivity index (χ2n) is 4.09. The molecule has 90 valence electrons. The molecule has 0 amide bonds. The number of nitrogens with two attached hydrogens (primary N) is 1. The van der Waals surface area contributed by atoms with Gasteiger partial charge in [0.1, 0.15) is 0 Å². The lowest BCUT2D eigenvalue weighted by atomic mass is 10.1. The first kappa shape index (κ1) is 13.1. The minimum Gasteiger partial charge on any atom is -0.377 e. The first-order chi connectivity index (χ1) is 7.49. The van der Waals surface area contributed by atoms with Crippen LogP contribution in [-0.4, -0.2) is 18.8 Å². The van der Waals surface area contributed by atoms with Crippen molar-refractivity contribution >= 4 is 0 Å². The summed E-state index contributed by atoms with van der Waals surface area (Å²) in [6, 6.07) is 3.62. The molecule has 2 nitrogen and oxygen atoms in total. The fourth-order valence-electron chi connectivity index (χ4n) is 1.34. The summed E-state index contributed by atoms with van der Waals surface area (Å²) in [6.07, 6.45) is 0.597. The molecule has 0 aliphatic rings. The molecule has 1 unspecified atom stereocenters. The molecule has 0 spiro atoms. The van der Waals surface area contributed by atoms with Crippen molar-refractivity contribution in [3.8, 4) is 0 Å². The van der Waals surface area contributed by atoms with Crippen LogP contribution in [0.25, 0.3) is 0 Å². The van der Waals surface area contributed by atoms with Gasteiger partial charge in [0.05, 0.1) is 12.7 Å². The van der Waals surface area contributed by atoms with Crippen LogP contribution in [0, 0.1) is 11.6 Å². The van der Waals surface area contributed by atoms with E-state index in [1.165, 1.54) is 12.1 Å². The number of halogens is 2. The maximum atomic E-state index is 12.9. The van der Waals surface area contributed by atoms with E-state index < -0.39 is 11.6 Å². The van der Waals surface area contributed by atoms with Crippen LogP contribution < -0.4 is 5.73 Å². The van der Waals surface area contributed by atoms with E-state index in [1.807, 2.05) is 13.8 Å². The van der Waals surface area contributed by atoms with E-state index in [2.05, 4.69) is 0 Å². The molecule has 0 bridgehead atoms. The minimum absolute atomic E-state index is 0.121. The Morgan fingerprint density at radius 2 is 1.94 bits per heavy atom. The van der Waals surface area contributed by atoms with E-state index in [1.54, 1.807) is 0 Å². The molecule has 0 saturated heterocycles. The van der Waals surface area contributed by atoms with Gasteiger partial charge < -0.3 is 10.5 Å². The van der Waals surface area contributed by atoms with Crippen molar-refractivity contribution in [3.63, 3.8) is 0 Å². The molecule has 1 aromatic rings. The third-order valence-corrected chi connectivity index (χ3v) is 2.13. The van der Waals surface area contributed by atoms with Crippen molar-refractivity contribution in [2.24, 2.45) is 5.73 Å². The summed E-state index contributed by atoms with van der Waals surface area (Å²) in [7, 11) is 0. The van der Waals surface area contributed by atoms with Crippen LogP contribution in [0.2, 0.25) is 0 Å². The fraction of sp³-hybridized carbons (Fsp3) is 0.500. The van der Waals surface area contributed by atoms with E-state index in [0.29, 0.717) is 18.6 Å². The Bertz CT molecular complexity index is 342. The van der Waals surface area contributed by atoms with E-state index in [4.69, 9.17) is 10.5 Å². The molecule has 1 aromatic carbocycles. The molecule has 0 aliphatic carbocycles. The second kappa shape index (κ2) is 5.92. The monoisotopic (exact) mass is 229 g/mol. The van der Waals surface area contributed by atoms with E-state index >= 15 is 0 Å². The zero-order chi connectivity index (χ0) is 12.1. The average molecular weight is 229 g/mol. The van der Waals surface area contributed by atoms with Gasteiger partial charge in [0.15, 0.2) is 11.6 Å².